The van der Waals surface area contributed by atoms with Crippen molar-refractivity contribution in [2.24, 2.45) is 11.3 Å². The van der Waals surface area contributed by atoms with Crippen LogP contribution in [-0.2, 0) is 19.1 Å². The van der Waals surface area contributed by atoms with Gasteiger partial charge in [0.2, 0.25) is 11.8 Å². The van der Waals surface area contributed by atoms with E-state index in [2.05, 4.69) is 0 Å². The van der Waals surface area contributed by atoms with Crippen LogP contribution in [-0.4, -0.2) is 71.6 Å². The maximum atomic E-state index is 12.9. The molecule has 2 heterocycles. The van der Waals surface area contributed by atoms with Crippen LogP contribution in [0.5, 0.6) is 0 Å². The molecule has 0 radical (unpaired) electrons. The van der Waals surface area contributed by atoms with Crippen molar-refractivity contribution < 1.29 is 24.2 Å². The molecule has 7 heteroatoms. The van der Waals surface area contributed by atoms with E-state index >= 15 is 0 Å². The third kappa shape index (κ3) is 3.88. The number of hydrogen-bond acceptors (Lipinski definition) is 4. The van der Waals surface area contributed by atoms with Crippen molar-refractivity contribution in [1.29, 1.82) is 0 Å². The van der Waals surface area contributed by atoms with Gasteiger partial charge in [-0.1, -0.05) is 20.8 Å². The Labute approximate surface area is 142 Å². The molecule has 0 aromatic heterocycles. The number of amides is 2. The standard InChI is InChI=1S/C17H28N2O5/c1-17(2,3)16(23)18-7-5-6-11(9-18)14(20)19-10-12(24-4)8-13(19)15(21)22/h11-13H,5-10H2,1-4H3,(H,21,22). The SMILES string of the molecule is COC1CC(C(=O)O)N(C(=O)C2CCCN(C(=O)C(C)(C)C)C2)C1. The number of carboxylic acid groups (broad SMARTS) is 1. The molecule has 7 nitrogen and oxygen atoms in total. The van der Waals surface area contributed by atoms with E-state index in [1.165, 1.54) is 12.0 Å². The summed E-state index contributed by atoms with van der Waals surface area (Å²) in [4.78, 5) is 39.9. The highest BCUT2D eigenvalue weighted by Gasteiger charge is 2.43. The molecule has 0 aromatic rings. The number of likely N-dealkylation sites (tertiary alicyclic amines) is 2. The van der Waals surface area contributed by atoms with Crippen molar-refractivity contribution >= 4 is 17.8 Å². The van der Waals surface area contributed by atoms with E-state index in [0.717, 1.165) is 6.42 Å². The van der Waals surface area contributed by atoms with Crippen molar-refractivity contribution in [3.8, 4) is 0 Å². The van der Waals surface area contributed by atoms with Gasteiger partial charge in [-0.2, -0.15) is 0 Å². The molecular formula is C17H28N2O5. The molecular weight excluding hydrogens is 312 g/mol. The second-order valence-electron chi connectivity index (χ2n) is 7.78. The quantitative estimate of drug-likeness (QED) is 0.827. The molecule has 0 aromatic carbocycles. The third-order valence-electron chi connectivity index (χ3n) is 4.86. The van der Waals surface area contributed by atoms with Gasteiger partial charge in [0, 0.05) is 38.6 Å². The lowest BCUT2D eigenvalue weighted by Crippen LogP contribution is -2.51. The summed E-state index contributed by atoms with van der Waals surface area (Å²) < 4.78 is 5.24. The second-order valence-corrected chi connectivity index (χ2v) is 7.78. The third-order valence-corrected chi connectivity index (χ3v) is 4.86. The van der Waals surface area contributed by atoms with Gasteiger partial charge in [-0.15, -0.1) is 0 Å². The van der Waals surface area contributed by atoms with Crippen molar-refractivity contribution in [3.05, 3.63) is 0 Å². The monoisotopic (exact) mass is 340 g/mol. The Morgan fingerprint density at radius 3 is 2.38 bits per heavy atom. The molecule has 2 aliphatic rings. The van der Waals surface area contributed by atoms with Crippen LogP contribution in [0.15, 0.2) is 0 Å². The van der Waals surface area contributed by atoms with E-state index in [0.29, 0.717) is 32.5 Å². The number of carbonyl (C=O) groups excluding carboxylic acids is 2. The Hall–Kier alpha value is -1.63. The number of hydrogen-bond donors (Lipinski definition) is 1. The zero-order chi connectivity index (χ0) is 18.1. The molecule has 2 aliphatic heterocycles. The topological polar surface area (TPSA) is 87.2 Å². The predicted molar refractivity (Wildman–Crippen MR) is 87.3 cm³/mol. The van der Waals surface area contributed by atoms with Crippen molar-refractivity contribution in [1.82, 2.24) is 9.80 Å². The first-order chi connectivity index (χ1) is 11.1. The van der Waals surface area contributed by atoms with Crippen molar-refractivity contribution in [2.75, 3.05) is 26.7 Å². The molecule has 2 fully saturated rings. The Kier molecular flexibility index (Phi) is 5.52. The van der Waals surface area contributed by atoms with Gasteiger partial charge in [0.15, 0.2) is 0 Å². The maximum absolute atomic E-state index is 12.9. The summed E-state index contributed by atoms with van der Waals surface area (Å²) in [6.07, 6.45) is 1.52. The van der Waals surface area contributed by atoms with Gasteiger partial charge >= 0.3 is 5.97 Å². The maximum Gasteiger partial charge on any atom is 0.326 e. The molecule has 2 rings (SSSR count). The van der Waals surface area contributed by atoms with Crippen LogP contribution in [0.3, 0.4) is 0 Å². The van der Waals surface area contributed by atoms with Crippen LogP contribution in [0, 0.1) is 11.3 Å². The van der Waals surface area contributed by atoms with Gasteiger partial charge in [-0.3, -0.25) is 9.59 Å². The Balaban J connectivity index is 2.08. The Morgan fingerprint density at radius 1 is 1.17 bits per heavy atom. The summed E-state index contributed by atoms with van der Waals surface area (Å²) in [6, 6.07) is -0.837. The first-order valence-electron chi connectivity index (χ1n) is 8.50. The van der Waals surface area contributed by atoms with Gasteiger partial charge in [-0.05, 0) is 12.8 Å². The molecule has 0 bridgehead atoms. The Bertz CT molecular complexity index is 514. The number of rotatable bonds is 3. The van der Waals surface area contributed by atoms with Crippen molar-refractivity contribution in [2.45, 2.75) is 52.2 Å². The first kappa shape index (κ1) is 18.7. The van der Waals surface area contributed by atoms with Crippen LogP contribution >= 0.6 is 0 Å². The highest BCUT2D eigenvalue weighted by atomic mass is 16.5. The lowest BCUT2D eigenvalue weighted by molar-refractivity contribution is -0.152. The average molecular weight is 340 g/mol. The molecule has 2 amide bonds. The smallest absolute Gasteiger partial charge is 0.326 e. The molecule has 24 heavy (non-hydrogen) atoms. The minimum atomic E-state index is -0.999. The number of carboxylic acids is 1. The second kappa shape index (κ2) is 7.09. The fourth-order valence-corrected chi connectivity index (χ4v) is 3.52. The summed E-state index contributed by atoms with van der Waals surface area (Å²) in [6.45, 7) is 6.93. The van der Waals surface area contributed by atoms with Crippen LogP contribution in [0.25, 0.3) is 0 Å². The molecule has 3 atom stereocenters. The summed E-state index contributed by atoms with van der Waals surface area (Å²) in [5.41, 5.74) is -0.483. The molecule has 136 valence electrons. The lowest BCUT2D eigenvalue weighted by atomic mass is 9.90. The van der Waals surface area contributed by atoms with Gasteiger partial charge < -0.3 is 19.6 Å². The van der Waals surface area contributed by atoms with Crippen molar-refractivity contribution in [3.63, 3.8) is 0 Å². The molecule has 0 spiro atoms. The van der Waals surface area contributed by atoms with Gasteiger partial charge in [0.1, 0.15) is 6.04 Å². The molecule has 0 aliphatic carbocycles. The number of nitrogens with zero attached hydrogens (tertiary/aromatic N) is 2. The van der Waals surface area contributed by atoms with E-state index < -0.39 is 17.4 Å². The van der Waals surface area contributed by atoms with Gasteiger partial charge in [0.25, 0.3) is 0 Å². The van der Waals surface area contributed by atoms with E-state index in [1.807, 2.05) is 20.8 Å². The van der Waals surface area contributed by atoms with Crippen LogP contribution in [0.4, 0.5) is 0 Å². The van der Waals surface area contributed by atoms with E-state index in [-0.39, 0.29) is 23.8 Å². The summed E-state index contributed by atoms with van der Waals surface area (Å²) >= 11 is 0. The zero-order valence-electron chi connectivity index (χ0n) is 14.9. The highest BCUT2D eigenvalue weighted by molar-refractivity contribution is 5.87. The normalized spacial score (nSPS) is 28.1. The number of carbonyl (C=O) groups is 3. The number of aliphatic carboxylic acids is 1. The molecule has 1 N–H and O–H groups in total. The number of methoxy groups -OCH3 is 1. The fraction of sp³-hybridized carbons (Fsp3) is 0.824. The van der Waals surface area contributed by atoms with E-state index in [9.17, 15) is 19.5 Å². The molecule has 2 saturated heterocycles. The summed E-state index contributed by atoms with van der Waals surface area (Å²) in [7, 11) is 1.53. The summed E-state index contributed by atoms with van der Waals surface area (Å²) in [5, 5.41) is 9.38. The summed E-state index contributed by atoms with van der Waals surface area (Å²) in [5.74, 6) is -1.47. The van der Waals surface area contributed by atoms with E-state index in [1.54, 1.807) is 4.90 Å². The first-order valence-corrected chi connectivity index (χ1v) is 8.50. The highest BCUT2D eigenvalue weighted by Crippen LogP contribution is 2.28. The van der Waals surface area contributed by atoms with E-state index in [4.69, 9.17) is 4.74 Å². The Morgan fingerprint density at radius 2 is 1.83 bits per heavy atom. The van der Waals surface area contributed by atoms with Gasteiger partial charge in [-0.25, -0.2) is 4.79 Å². The van der Waals surface area contributed by atoms with Crippen LogP contribution in [0.1, 0.15) is 40.0 Å². The minimum absolute atomic E-state index is 0.0333. The zero-order valence-corrected chi connectivity index (χ0v) is 14.9. The fourth-order valence-electron chi connectivity index (χ4n) is 3.52. The van der Waals surface area contributed by atoms with Crippen LogP contribution in [0.2, 0.25) is 0 Å². The molecule has 0 saturated carbocycles. The lowest BCUT2D eigenvalue weighted by Gasteiger charge is -2.37. The minimum Gasteiger partial charge on any atom is -0.480 e. The van der Waals surface area contributed by atoms with Gasteiger partial charge in [0.05, 0.1) is 12.0 Å². The average Bonchev–Trinajstić information content (AvgIpc) is 2.97. The predicted octanol–water partition coefficient (Wildman–Crippen LogP) is 0.972. The molecule has 3 unspecified atom stereocenters. The number of ether oxygens (including phenoxy) is 1. The number of piperidine rings is 1. The largest absolute Gasteiger partial charge is 0.480 e. The van der Waals surface area contributed by atoms with Crippen LogP contribution < -0.4 is 0 Å².